The first-order chi connectivity index (χ1) is 18.9. The maximum atomic E-state index is 13.5. The highest BCUT2D eigenvalue weighted by atomic mass is 35.5. The van der Waals surface area contributed by atoms with E-state index < -0.39 is 29.5 Å². The number of aliphatic hydroxyl groups excluding tert-OH is 1. The number of benzene rings is 3. The number of ketones is 1. The fourth-order valence-corrected chi connectivity index (χ4v) is 4.94. The van der Waals surface area contributed by atoms with Gasteiger partial charge >= 0.3 is 5.97 Å². The predicted octanol–water partition coefficient (Wildman–Crippen LogP) is 5.97. The summed E-state index contributed by atoms with van der Waals surface area (Å²) in [5, 5.41) is 21.0. The SMILES string of the molecule is COc1cc(OC)c(/C(O)=C2\C(=O)C(=O)N(Cc3ccc(C(=O)O)cc3)C2c2ccc(C(C)(C)C)cc2)cc1Cl. The molecule has 4 rings (SSSR count). The van der Waals surface area contributed by atoms with E-state index in [9.17, 15) is 24.6 Å². The van der Waals surface area contributed by atoms with E-state index in [-0.39, 0.29) is 39.4 Å². The maximum Gasteiger partial charge on any atom is 0.335 e. The van der Waals surface area contributed by atoms with Crippen LogP contribution in [0.4, 0.5) is 0 Å². The van der Waals surface area contributed by atoms with Crippen molar-refractivity contribution >= 4 is 35.0 Å². The van der Waals surface area contributed by atoms with Gasteiger partial charge in [0.15, 0.2) is 0 Å². The third-order valence-corrected chi connectivity index (χ3v) is 7.21. The standard InChI is InChI=1S/C31H30ClNO7/c1-31(2,3)20-12-10-18(11-13-20)26-25(27(34)21-14-22(32)24(40-5)15-23(21)39-4)28(35)29(36)33(26)16-17-6-8-19(9-7-17)30(37)38/h6-15,26,34H,16H2,1-5H3,(H,37,38)/b27-25+. The van der Waals surface area contributed by atoms with Crippen LogP contribution in [0.1, 0.15) is 59.4 Å². The zero-order valence-corrected chi connectivity index (χ0v) is 23.6. The molecule has 1 amide bonds. The van der Waals surface area contributed by atoms with E-state index in [4.69, 9.17) is 21.1 Å². The van der Waals surface area contributed by atoms with Crippen molar-refractivity contribution in [2.24, 2.45) is 0 Å². The maximum absolute atomic E-state index is 13.5. The second kappa shape index (κ2) is 11.1. The van der Waals surface area contributed by atoms with Gasteiger partial charge in [0.1, 0.15) is 17.3 Å². The van der Waals surface area contributed by atoms with Crippen molar-refractivity contribution in [3.63, 3.8) is 0 Å². The number of nitrogens with zero attached hydrogens (tertiary/aromatic N) is 1. The number of aliphatic hydroxyl groups is 1. The van der Waals surface area contributed by atoms with Crippen LogP contribution in [0.25, 0.3) is 5.76 Å². The highest BCUT2D eigenvalue weighted by Gasteiger charge is 2.46. The van der Waals surface area contributed by atoms with Crippen LogP contribution in [0.3, 0.4) is 0 Å². The van der Waals surface area contributed by atoms with E-state index in [1.165, 1.54) is 43.4 Å². The first-order valence-electron chi connectivity index (χ1n) is 12.5. The molecule has 1 aliphatic rings. The average Bonchev–Trinajstić information content (AvgIpc) is 3.17. The second-order valence-corrected chi connectivity index (χ2v) is 10.9. The molecule has 1 atom stereocenters. The summed E-state index contributed by atoms with van der Waals surface area (Å²) >= 11 is 6.34. The number of carbonyl (C=O) groups is 3. The first-order valence-corrected chi connectivity index (χ1v) is 12.9. The molecule has 3 aromatic carbocycles. The largest absolute Gasteiger partial charge is 0.507 e. The molecular weight excluding hydrogens is 534 g/mol. The number of carboxylic acid groups (broad SMARTS) is 1. The summed E-state index contributed by atoms with van der Waals surface area (Å²) in [6, 6.07) is 15.6. The molecule has 3 aromatic rings. The number of hydrogen-bond acceptors (Lipinski definition) is 6. The lowest BCUT2D eigenvalue weighted by molar-refractivity contribution is -0.140. The van der Waals surface area contributed by atoms with Gasteiger partial charge in [-0.25, -0.2) is 4.79 Å². The molecule has 1 fully saturated rings. The van der Waals surface area contributed by atoms with Gasteiger partial charge < -0.3 is 24.6 Å². The number of hydrogen-bond donors (Lipinski definition) is 2. The minimum atomic E-state index is -1.07. The Labute approximate surface area is 237 Å². The third kappa shape index (κ3) is 5.40. The van der Waals surface area contributed by atoms with Crippen LogP contribution in [0.15, 0.2) is 66.2 Å². The lowest BCUT2D eigenvalue weighted by Gasteiger charge is -2.27. The monoisotopic (exact) mass is 563 g/mol. The molecular formula is C31H30ClNO7. The Morgan fingerprint density at radius 2 is 1.52 bits per heavy atom. The summed E-state index contributed by atoms with van der Waals surface area (Å²) in [5.74, 6) is -2.65. The van der Waals surface area contributed by atoms with E-state index >= 15 is 0 Å². The number of carbonyl (C=O) groups excluding carboxylic acids is 2. The van der Waals surface area contributed by atoms with Gasteiger partial charge in [-0.2, -0.15) is 0 Å². The van der Waals surface area contributed by atoms with Crippen molar-refractivity contribution in [3.8, 4) is 11.5 Å². The van der Waals surface area contributed by atoms with Crippen molar-refractivity contribution in [2.45, 2.75) is 38.8 Å². The third-order valence-electron chi connectivity index (χ3n) is 6.92. The Kier molecular flexibility index (Phi) is 7.93. The molecule has 2 N–H and O–H groups in total. The molecule has 0 radical (unpaired) electrons. The van der Waals surface area contributed by atoms with Crippen LogP contribution >= 0.6 is 11.6 Å². The molecule has 1 aliphatic heterocycles. The number of amides is 1. The molecule has 0 saturated carbocycles. The summed E-state index contributed by atoms with van der Waals surface area (Å²) in [5.41, 5.74) is 2.29. The average molecular weight is 564 g/mol. The van der Waals surface area contributed by atoms with E-state index in [0.717, 1.165) is 5.56 Å². The van der Waals surface area contributed by atoms with Crippen LogP contribution in [-0.4, -0.2) is 47.0 Å². The van der Waals surface area contributed by atoms with Gasteiger partial charge in [0.25, 0.3) is 11.7 Å². The quantitative estimate of drug-likeness (QED) is 0.207. The highest BCUT2D eigenvalue weighted by molar-refractivity contribution is 6.46. The van der Waals surface area contributed by atoms with Crippen molar-refractivity contribution in [1.29, 1.82) is 0 Å². The number of carboxylic acids is 1. The molecule has 0 aliphatic carbocycles. The summed E-state index contributed by atoms with van der Waals surface area (Å²) in [6.45, 7) is 6.24. The second-order valence-electron chi connectivity index (χ2n) is 10.5. The normalized spacial score (nSPS) is 16.8. The van der Waals surface area contributed by atoms with Crippen molar-refractivity contribution < 1.29 is 34.1 Å². The Bertz CT molecular complexity index is 1500. The predicted molar refractivity (Wildman–Crippen MR) is 151 cm³/mol. The molecule has 208 valence electrons. The Morgan fingerprint density at radius 1 is 0.925 bits per heavy atom. The van der Waals surface area contributed by atoms with Crippen LogP contribution in [0, 0.1) is 0 Å². The summed E-state index contributed by atoms with van der Waals surface area (Å²) < 4.78 is 10.7. The van der Waals surface area contributed by atoms with E-state index in [0.29, 0.717) is 16.9 Å². The molecule has 0 bridgehead atoms. The first kappa shape index (κ1) is 28.7. The fraction of sp³-hybridized carbons (Fsp3) is 0.258. The molecule has 0 aromatic heterocycles. The van der Waals surface area contributed by atoms with Crippen LogP contribution < -0.4 is 9.47 Å². The summed E-state index contributed by atoms with van der Waals surface area (Å²) in [6.07, 6.45) is 0. The smallest absolute Gasteiger partial charge is 0.335 e. The lowest BCUT2D eigenvalue weighted by Crippen LogP contribution is -2.29. The van der Waals surface area contributed by atoms with Gasteiger partial charge in [0.2, 0.25) is 0 Å². The minimum absolute atomic E-state index is 0.00739. The Balaban J connectivity index is 1.89. The molecule has 8 nitrogen and oxygen atoms in total. The van der Waals surface area contributed by atoms with Gasteiger partial charge in [-0.3, -0.25) is 9.59 Å². The van der Waals surface area contributed by atoms with Gasteiger partial charge in [-0.1, -0.05) is 68.8 Å². The lowest BCUT2D eigenvalue weighted by atomic mass is 9.85. The Hall–Kier alpha value is -4.30. The zero-order chi connectivity index (χ0) is 29.4. The molecule has 40 heavy (non-hydrogen) atoms. The fourth-order valence-electron chi connectivity index (χ4n) is 4.69. The molecule has 1 unspecified atom stereocenters. The van der Waals surface area contributed by atoms with E-state index in [1.807, 2.05) is 24.3 Å². The molecule has 1 saturated heterocycles. The van der Waals surface area contributed by atoms with Crippen LogP contribution in [-0.2, 0) is 21.5 Å². The number of ether oxygens (including phenoxy) is 2. The van der Waals surface area contributed by atoms with Gasteiger partial charge in [0.05, 0.1) is 42.0 Å². The van der Waals surface area contributed by atoms with Gasteiger partial charge in [-0.15, -0.1) is 0 Å². The topological polar surface area (TPSA) is 113 Å². The summed E-state index contributed by atoms with van der Waals surface area (Å²) in [7, 11) is 2.84. The molecule has 9 heteroatoms. The number of aromatic carboxylic acids is 1. The van der Waals surface area contributed by atoms with Crippen LogP contribution in [0.5, 0.6) is 11.5 Å². The van der Waals surface area contributed by atoms with Gasteiger partial charge in [-0.05, 0) is 40.3 Å². The number of rotatable bonds is 7. The van der Waals surface area contributed by atoms with E-state index in [1.54, 1.807) is 12.1 Å². The number of Topliss-reactive ketones (excluding diaryl/α,β-unsaturated/α-hetero) is 1. The van der Waals surface area contributed by atoms with Crippen LogP contribution in [0.2, 0.25) is 5.02 Å². The molecule has 1 heterocycles. The number of methoxy groups -OCH3 is 2. The van der Waals surface area contributed by atoms with Gasteiger partial charge in [0, 0.05) is 12.6 Å². The zero-order valence-electron chi connectivity index (χ0n) is 22.8. The summed E-state index contributed by atoms with van der Waals surface area (Å²) in [4.78, 5) is 39.6. The number of halogens is 1. The van der Waals surface area contributed by atoms with Crippen molar-refractivity contribution in [2.75, 3.05) is 14.2 Å². The van der Waals surface area contributed by atoms with Crippen molar-refractivity contribution in [3.05, 3.63) is 99.1 Å². The Morgan fingerprint density at radius 3 is 2.05 bits per heavy atom. The van der Waals surface area contributed by atoms with E-state index in [2.05, 4.69) is 20.8 Å². The molecule has 0 spiro atoms. The highest BCUT2D eigenvalue weighted by Crippen LogP contribution is 2.44. The minimum Gasteiger partial charge on any atom is -0.507 e. The number of likely N-dealkylation sites (tertiary alicyclic amines) is 1. The van der Waals surface area contributed by atoms with Crippen molar-refractivity contribution in [1.82, 2.24) is 4.90 Å².